The molecule has 0 amide bonds. The third-order valence-corrected chi connectivity index (χ3v) is 9.36. The van der Waals surface area contributed by atoms with Crippen LogP contribution < -0.4 is 0 Å². The summed E-state index contributed by atoms with van der Waals surface area (Å²) in [4.78, 5) is 5.00. The predicted molar refractivity (Wildman–Crippen MR) is 194 cm³/mol. The lowest BCUT2D eigenvalue weighted by molar-refractivity contribution is 0.673. The molecule has 3 heterocycles. The third kappa shape index (κ3) is 3.92. The number of furan rings is 1. The van der Waals surface area contributed by atoms with E-state index in [9.17, 15) is 0 Å². The van der Waals surface area contributed by atoms with Crippen molar-refractivity contribution in [1.82, 2.24) is 14.1 Å². The van der Waals surface area contributed by atoms with Gasteiger partial charge in [0.05, 0.1) is 27.5 Å². The van der Waals surface area contributed by atoms with E-state index in [1.807, 2.05) is 24.3 Å². The minimum atomic E-state index is 0.916. The Hall–Kier alpha value is -6.39. The maximum Gasteiger partial charge on any atom is 0.145 e. The first-order valence-electron chi connectivity index (χ1n) is 15.9. The SMILES string of the molecule is c1ccc(-c2nc3ccccc3n2-c2ccc(-c3ccc(-n4c5ccccc5c5c6oc7ccccc7c6ccc54)cc3)cc2)cc1. The fraction of sp³-hybridized carbons (Fsp3) is 0. The van der Waals surface area contributed by atoms with Gasteiger partial charge in [0.25, 0.3) is 0 Å². The van der Waals surface area contributed by atoms with E-state index in [0.29, 0.717) is 0 Å². The summed E-state index contributed by atoms with van der Waals surface area (Å²) in [6.07, 6.45) is 0. The summed E-state index contributed by atoms with van der Waals surface area (Å²) in [5, 5.41) is 4.63. The van der Waals surface area contributed by atoms with Gasteiger partial charge < -0.3 is 8.98 Å². The zero-order valence-electron chi connectivity index (χ0n) is 25.3. The van der Waals surface area contributed by atoms with Gasteiger partial charge in [-0.15, -0.1) is 0 Å². The molecule has 0 aliphatic heterocycles. The number of rotatable bonds is 4. The highest BCUT2D eigenvalue weighted by Gasteiger charge is 2.19. The minimum absolute atomic E-state index is 0.916. The molecule has 4 nitrogen and oxygen atoms in total. The molecule has 10 aromatic rings. The maximum atomic E-state index is 6.47. The molecule has 0 saturated carbocycles. The number of fused-ring (bicyclic) bond motifs is 8. The van der Waals surface area contributed by atoms with Crippen LogP contribution in [0.1, 0.15) is 0 Å². The van der Waals surface area contributed by atoms with Crippen LogP contribution in [-0.4, -0.2) is 14.1 Å². The van der Waals surface area contributed by atoms with Crippen molar-refractivity contribution in [3.8, 4) is 33.9 Å². The summed E-state index contributed by atoms with van der Waals surface area (Å²) in [6, 6.07) is 57.7. The lowest BCUT2D eigenvalue weighted by Gasteiger charge is -2.12. The molecule has 0 saturated heterocycles. The van der Waals surface area contributed by atoms with E-state index >= 15 is 0 Å². The molecule has 4 heteroatoms. The lowest BCUT2D eigenvalue weighted by Crippen LogP contribution is -1.97. The van der Waals surface area contributed by atoms with E-state index in [1.54, 1.807) is 0 Å². The molecule has 0 aliphatic rings. The van der Waals surface area contributed by atoms with E-state index in [0.717, 1.165) is 77.7 Å². The number of hydrogen-bond acceptors (Lipinski definition) is 2. The summed E-state index contributed by atoms with van der Waals surface area (Å²) in [5.41, 5.74) is 11.9. The van der Waals surface area contributed by atoms with Gasteiger partial charge in [0.15, 0.2) is 0 Å². The Kier molecular flexibility index (Phi) is 5.54. The molecule has 7 aromatic carbocycles. The first kappa shape index (κ1) is 25.9. The fourth-order valence-electron chi connectivity index (χ4n) is 7.19. The summed E-state index contributed by atoms with van der Waals surface area (Å²) in [7, 11) is 0. The molecule has 0 unspecified atom stereocenters. The normalized spacial score (nSPS) is 11.8. The van der Waals surface area contributed by atoms with E-state index in [2.05, 4.69) is 149 Å². The van der Waals surface area contributed by atoms with Crippen molar-refractivity contribution in [3.05, 3.63) is 164 Å². The Morgan fingerprint density at radius 2 is 1.02 bits per heavy atom. The molecule has 0 fully saturated rings. The van der Waals surface area contributed by atoms with Crippen molar-refractivity contribution in [2.24, 2.45) is 0 Å². The van der Waals surface area contributed by atoms with Crippen LogP contribution in [0, 0.1) is 0 Å². The number of benzene rings is 7. The summed E-state index contributed by atoms with van der Waals surface area (Å²) < 4.78 is 11.1. The fourth-order valence-corrected chi connectivity index (χ4v) is 7.19. The topological polar surface area (TPSA) is 35.9 Å². The van der Waals surface area contributed by atoms with Crippen LogP contribution in [0.15, 0.2) is 168 Å². The summed E-state index contributed by atoms with van der Waals surface area (Å²) in [6.45, 7) is 0. The highest BCUT2D eigenvalue weighted by molar-refractivity contribution is 6.23. The third-order valence-electron chi connectivity index (χ3n) is 9.36. The van der Waals surface area contributed by atoms with Gasteiger partial charge in [-0.2, -0.15) is 0 Å². The molecule has 0 radical (unpaired) electrons. The van der Waals surface area contributed by atoms with Gasteiger partial charge in [-0.1, -0.05) is 103 Å². The summed E-state index contributed by atoms with van der Waals surface area (Å²) in [5.74, 6) is 0.940. The first-order valence-corrected chi connectivity index (χ1v) is 15.9. The van der Waals surface area contributed by atoms with Crippen molar-refractivity contribution < 1.29 is 4.42 Å². The van der Waals surface area contributed by atoms with Crippen molar-refractivity contribution in [3.63, 3.8) is 0 Å². The Labute approximate surface area is 270 Å². The zero-order chi connectivity index (χ0) is 30.9. The van der Waals surface area contributed by atoms with Crippen LogP contribution in [0.3, 0.4) is 0 Å². The van der Waals surface area contributed by atoms with Gasteiger partial charge >= 0.3 is 0 Å². The molecule has 0 atom stereocenters. The molecule has 3 aromatic heterocycles. The van der Waals surface area contributed by atoms with E-state index in [-0.39, 0.29) is 0 Å². The number of nitrogens with zero attached hydrogens (tertiary/aromatic N) is 3. The number of para-hydroxylation sites is 4. The van der Waals surface area contributed by atoms with Crippen LogP contribution in [0.2, 0.25) is 0 Å². The Morgan fingerprint density at radius 3 is 1.79 bits per heavy atom. The van der Waals surface area contributed by atoms with Crippen molar-refractivity contribution in [2.75, 3.05) is 0 Å². The zero-order valence-corrected chi connectivity index (χ0v) is 25.3. The minimum Gasteiger partial charge on any atom is -0.455 e. The van der Waals surface area contributed by atoms with Crippen molar-refractivity contribution in [1.29, 1.82) is 0 Å². The van der Waals surface area contributed by atoms with Gasteiger partial charge in [-0.25, -0.2) is 4.98 Å². The monoisotopic (exact) mass is 601 g/mol. The van der Waals surface area contributed by atoms with Crippen molar-refractivity contribution >= 4 is 54.8 Å². The second-order valence-corrected chi connectivity index (χ2v) is 12.0. The molecule has 10 rings (SSSR count). The summed E-state index contributed by atoms with van der Waals surface area (Å²) >= 11 is 0. The Balaban J connectivity index is 1.06. The molecule has 0 aliphatic carbocycles. The average molecular weight is 602 g/mol. The largest absolute Gasteiger partial charge is 0.455 e. The lowest BCUT2D eigenvalue weighted by atomic mass is 10.0. The quantitative estimate of drug-likeness (QED) is 0.201. The average Bonchev–Trinajstić information content (AvgIpc) is 3.82. The second kappa shape index (κ2) is 10.1. The van der Waals surface area contributed by atoms with Crippen LogP contribution in [-0.2, 0) is 0 Å². The molecule has 0 bridgehead atoms. The standard InChI is InChI=1S/C43H27N3O/c1-2-10-30(11-3-1)43-44-36-14-6-8-16-38(36)46(43)32-24-20-29(21-25-32)28-18-22-31(23-19-28)45-37-15-7-4-13-35(37)41-39(45)27-26-34-33-12-5-9-17-40(33)47-42(34)41/h1-27H. The maximum absolute atomic E-state index is 6.47. The molecular weight excluding hydrogens is 574 g/mol. The number of hydrogen-bond donors (Lipinski definition) is 0. The molecular formula is C43H27N3O. The Morgan fingerprint density at radius 1 is 0.404 bits per heavy atom. The smallest absolute Gasteiger partial charge is 0.145 e. The number of aromatic nitrogens is 3. The predicted octanol–water partition coefficient (Wildman–Crippen LogP) is 11.4. The van der Waals surface area contributed by atoms with Gasteiger partial charge in [0, 0.05) is 33.1 Å². The van der Waals surface area contributed by atoms with E-state index in [4.69, 9.17) is 9.40 Å². The van der Waals surface area contributed by atoms with Crippen LogP contribution in [0.5, 0.6) is 0 Å². The molecule has 220 valence electrons. The molecule has 0 N–H and O–H groups in total. The Bertz CT molecular complexity index is 2760. The van der Waals surface area contributed by atoms with Gasteiger partial charge in [0.1, 0.15) is 17.0 Å². The van der Waals surface area contributed by atoms with E-state index < -0.39 is 0 Å². The highest BCUT2D eigenvalue weighted by Crippen LogP contribution is 2.40. The van der Waals surface area contributed by atoms with Crippen LogP contribution in [0.4, 0.5) is 0 Å². The number of imidazole rings is 1. The molecule has 0 spiro atoms. The van der Waals surface area contributed by atoms with Crippen LogP contribution in [0.25, 0.3) is 88.7 Å². The first-order chi connectivity index (χ1) is 23.3. The molecule has 47 heavy (non-hydrogen) atoms. The van der Waals surface area contributed by atoms with Crippen molar-refractivity contribution in [2.45, 2.75) is 0 Å². The van der Waals surface area contributed by atoms with Gasteiger partial charge in [-0.3, -0.25) is 4.57 Å². The van der Waals surface area contributed by atoms with E-state index in [1.165, 1.54) is 10.9 Å². The second-order valence-electron chi connectivity index (χ2n) is 12.0. The van der Waals surface area contributed by atoms with Crippen LogP contribution >= 0.6 is 0 Å². The highest BCUT2D eigenvalue weighted by atomic mass is 16.3. The van der Waals surface area contributed by atoms with Gasteiger partial charge in [0.2, 0.25) is 0 Å². The van der Waals surface area contributed by atoms with Gasteiger partial charge in [-0.05, 0) is 71.8 Å².